The van der Waals surface area contributed by atoms with Crippen LogP contribution in [-0.2, 0) is 17.8 Å². The summed E-state index contributed by atoms with van der Waals surface area (Å²) in [6.07, 6.45) is 4.95. The third-order valence-corrected chi connectivity index (χ3v) is 6.01. The minimum Gasteiger partial charge on any atom is -0.379 e. The number of carbonyl (C=O) groups excluding carboxylic acids is 1. The van der Waals surface area contributed by atoms with E-state index in [-0.39, 0.29) is 5.91 Å². The van der Waals surface area contributed by atoms with Crippen LogP contribution in [0.15, 0.2) is 36.5 Å². The number of carbonyl (C=O) groups is 1. The molecule has 2 aromatic rings. The number of halogens is 1. The number of ether oxygens (including phenoxy) is 1. The molecule has 7 heteroatoms. The SMILES string of the molecule is O=C(c1cnc(NCc2ccc(CN3CCOCC3)cc2)c(Cl)c1)N1CCCCC1. The van der Waals surface area contributed by atoms with Crippen molar-refractivity contribution >= 4 is 23.3 Å². The van der Waals surface area contributed by atoms with Crippen LogP contribution in [0.1, 0.15) is 40.7 Å². The molecular formula is C23H29ClN4O2. The second kappa shape index (κ2) is 10.2. The van der Waals surface area contributed by atoms with Gasteiger partial charge < -0.3 is 15.0 Å². The predicted octanol–water partition coefficient (Wildman–Crippen LogP) is 3.81. The fourth-order valence-electron chi connectivity index (χ4n) is 3.93. The zero-order valence-electron chi connectivity index (χ0n) is 17.3. The van der Waals surface area contributed by atoms with Gasteiger partial charge in [-0.15, -0.1) is 0 Å². The number of piperidine rings is 1. The number of aromatic nitrogens is 1. The minimum absolute atomic E-state index is 0.0199. The molecule has 2 fully saturated rings. The molecule has 2 saturated heterocycles. The maximum Gasteiger partial charge on any atom is 0.255 e. The number of hydrogen-bond acceptors (Lipinski definition) is 5. The Hall–Kier alpha value is -2.15. The molecule has 0 radical (unpaired) electrons. The molecule has 2 aliphatic heterocycles. The van der Waals surface area contributed by atoms with Crippen molar-refractivity contribution in [1.29, 1.82) is 0 Å². The molecule has 160 valence electrons. The van der Waals surface area contributed by atoms with Gasteiger partial charge in [-0.05, 0) is 36.5 Å². The molecule has 0 atom stereocenters. The van der Waals surface area contributed by atoms with Crippen molar-refractivity contribution in [2.75, 3.05) is 44.7 Å². The van der Waals surface area contributed by atoms with Gasteiger partial charge in [0, 0.05) is 45.5 Å². The number of rotatable bonds is 6. The van der Waals surface area contributed by atoms with Crippen LogP contribution in [0.3, 0.4) is 0 Å². The van der Waals surface area contributed by atoms with E-state index in [0.717, 1.165) is 64.3 Å². The Balaban J connectivity index is 1.31. The maximum absolute atomic E-state index is 12.6. The Morgan fingerprint density at radius 1 is 1.03 bits per heavy atom. The maximum atomic E-state index is 12.6. The molecule has 1 aromatic heterocycles. The van der Waals surface area contributed by atoms with Crippen LogP contribution in [-0.4, -0.2) is 60.1 Å². The Labute approximate surface area is 183 Å². The molecular weight excluding hydrogens is 400 g/mol. The van der Waals surface area contributed by atoms with Gasteiger partial charge in [0.15, 0.2) is 0 Å². The highest BCUT2D eigenvalue weighted by Gasteiger charge is 2.19. The molecule has 4 rings (SSSR count). The van der Waals surface area contributed by atoms with E-state index in [4.69, 9.17) is 16.3 Å². The zero-order chi connectivity index (χ0) is 20.8. The lowest BCUT2D eigenvalue weighted by Gasteiger charge is -2.26. The first-order valence-electron chi connectivity index (χ1n) is 10.8. The molecule has 6 nitrogen and oxygen atoms in total. The Bertz CT molecular complexity index is 847. The molecule has 0 saturated carbocycles. The second-order valence-electron chi connectivity index (χ2n) is 7.97. The molecule has 2 aliphatic rings. The zero-order valence-corrected chi connectivity index (χ0v) is 18.0. The fraction of sp³-hybridized carbons (Fsp3) is 0.478. The van der Waals surface area contributed by atoms with E-state index in [0.29, 0.717) is 22.9 Å². The van der Waals surface area contributed by atoms with E-state index in [2.05, 4.69) is 39.5 Å². The highest BCUT2D eigenvalue weighted by molar-refractivity contribution is 6.33. The number of hydrogen-bond donors (Lipinski definition) is 1. The average Bonchev–Trinajstić information content (AvgIpc) is 2.80. The molecule has 1 aromatic carbocycles. The topological polar surface area (TPSA) is 57.7 Å². The van der Waals surface area contributed by atoms with Crippen molar-refractivity contribution in [1.82, 2.24) is 14.8 Å². The first-order valence-corrected chi connectivity index (χ1v) is 11.1. The Kier molecular flexibility index (Phi) is 7.20. The highest BCUT2D eigenvalue weighted by atomic mass is 35.5. The number of likely N-dealkylation sites (tertiary alicyclic amines) is 1. The van der Waals surface area contributed by atoms with Crippen LogP contribution in [0.5, 0.6) is 0 Å². The van der Waals surface area contributed by atoms with Gasteiger partial charge in [-0.3, -0.25) is 9.69 Å². The van der Waals surface area contributed by atoms with Gasteiger partial charge in [-0.25, -0.2) is 4.98 Å². The van der Waals surface area contributed by atoms with Crippen LogP contribution in [0.2, 0.25) is 5.02 Å². The van der Waals surface area contributed by atoms with Gasteiger partial charge in [-0.2, -0.15) is 0 Å². The Morgan fingerprint density at radius 2 is 1.73 bits per heavy atom. The summed E-state index contributed by atoms with van der Waals surface area (Å²) in [5, 5.41) is 3.75. The van der Waals surface area contributed by atoms with Gasteiger partial charge in [0.05, 0.1) is 23.8 Å². The monoisotopic (exact) mass is 428 g/mol. The Morgan fingerprint density at radius 3 is 2.43 bits per heavy atom. The largest absolute Gasteiger partial charge is 0.379 e. The van der Waals surface area contributed by atoms with Gasteiger partial charge in [0.2, 0.25) is 0 Å². The van der Waals surface area contributed by atoms with Crippen LogP contribution in [0, 0.1) is 0 Å². The third kappa shape index (κ3) is 5.50. The van der Waals surface area contributed by atoms with Crippen LogP contribution in [0.4, 0.5) is 5.82 Å². The average molecular weight is 429 g/mol. The van der Waals surface area contributed by atoms with E-state index < -0.39 is 0 Å². The smallest absolute Gasteiger partial charge is 0.255 e. The molecule has 0 aliphatic carbocycles. The van der Waals surface area contributed by atoms with Crippen molar-refractivity contribution in [2.45, 2.75) is 32.4 Å². The number of amides is 1. The van der Waals surface area contributed by atoms with Gasteiger partial charge in [-0.1, -0.05) is 35.9 Å². The van der Waals surface area contributed by atoms with E-state index in [1.165, 1.54) is 12.0 Å². The molecule has 0 spiro atoms. The van der Waals surface area contributed by atoms with E-state index in [1.807, 2.05) is 4.90 Å². The van der Waals surface area contributed by atoms with Crippen molar-refractivity contribution in [3.8, 4) is 0 Å². The first kappa shape index (κ1) is 21.1. The minimum atomic E-state index is 0.0199. The fourth-order valence-corrected chi connectivity index (χ4v) is 4.16. The highest BCUT2D eigenvalue weighted by Crippen LogP contribution is 2.23. The number of morpholine rings is 1. The van der Waals surface area contributed by atoms with E-state index >= 15 is 0 Å². The third-order valence-electron chi connectivity index (χ3n) is 5.72. The predicted molar refractivity (Wildman–Crippen MR) is 119 cm³/mol. The molecule has 1 amide bonds. The molecule has 3 heterocycles. The van der Waals surface area contributed by atoms with E-state index in [1.54, 1.807) is 12.3 Å². The summed E-state index contributed by atoms with van der Waals surface area (Å²) in [7, 11) is 0. The lowest BCUT2D eigenvalue weighted by molar-refractivity contribution is 0.0342. The quantitative estimate of drug-likeness (QED) is 0.758. The summed E-state index contributed by atoms with van der Waals surface area (Å²) in [5.74, 6) is 0.621. The van der Waals surface area contributed by atoms with Gasteiger partial charge >= 0.3 is 0 Å². The van der Waals surface area contributed by atoms with Gasteiger partial charge in [0.25, 0.3) is 5.91 Å². The van der Waals surface area contributed by atoms with Crippen molar-refractivity contribution < 1.29 is 9.53 Å². The van der Waals surface area contributed by atoms with Crippen LogP contribution < -0.4 is 5.32 Å². The number of pyridine rings is 1. The van der Waals surface area contributed by atoms with Crippen molar-refractivity contribution in [3.63, 3.8) is 0 Å². The first-order chi connectivity index (χ1) is 14.7. The van der Waals surface area contributed by atoms with Crippen LogP contribution >= 0.6 is 11.6 Å². The number of nitrogens with one attached hydrogen (secondary N) is 1. The normalized spacial score (nSPS) is 17.7. The summed E-state index contributed by atoms with van der Waals surface area (Å²) in [6, 6.07) is 10.3. The van der Waals surface area contributed by atoms with Crippen molar-refractivity contribution in [3.05, 3.63) is 58.2 Å². The van der Waals surface area contributed by atoms with Gasteiger partial charge in [0.1, 0.15) is 5.82 Å². The van der Waals surface area contributed by atoms with Crippen LogP contribution in [0.25, 0.3) is 0 Å². The number of benzene rings is 1. The number of anilines is 1. The lowest BCUT2D eigenvalue weighted by Crippen LogP contribution is -2.35. The van der Waals surface area contributed by atoms with E-state index in [9.17, 15) is 4.79 Å². The lowest BCUT2D eigenvalue weighted by atomic mass is 10.1. The van der Waals surface area contributed by atoms with Crippen molar-refractivity contribution in [2.24, 2.45) is 0 Å². The summed E-state index contributed by atoms with van der Waals surface area (Å²) in [5.41, 5.74) is 3.02. The molecule has 1 N–H and O–H groups in total. The standard InChI is InChI=1S/C23H29ClN4O2/c24-21-14-20(23(29)28-8-2-1-3-9-28)16-26-22(21)25-15-18-4-6-19(7-5-18)17-27-10-12-30-13-11-27/h4-7,14,16H,1-3,8-13,15,17H2,(H,25,26). The summed E-state index contributed by atoms with van der Waals surface area (Å²) in [4.78, 5) is 21.3. The number of nitrogens with zero attached hydrogens (tertiary/aromatic N) is 3. The summed E-state index contributed by atoms with van der Waals surface area (Å²) in [6.45, 7) is 6.83. The molecule has 30 heavy (non-hydrogen) atoms. The summed E-state index contributed by atoms with van der Waals surface area (Å²) < 4.78 is 5.40. The second-order valence-corrected chi connectivity index (χ2v) is 8.37. The molecule has 0 unspecified atom stereocenters. The molecule has 0 bridgehead atoms. The summed E-state index contributed by atoms with van der Waals surface area (Å²) >= 11 is 6.40.